The number of phenolic OH excluding ortho intramolecular Hbond substituents is 2. The molecule has 208 valence electrons. The number of ether oxygens (including phenoxy) is 2. The molecule has 1 spiro atoms. The van der Waals surface area contributed by atoms with E-state index in [4.69, 9.17) is 9.47 Å². The number of fused-ring (bicyclic) bond motifs is 1. The zero-order valence-electron chi connectivity index (χ0n) is 23.2. The summed E-state index contributed by atoms with van der Waals surface area (Å²) in [6.45, 7) is 12.5. The molecule has 8 heteroatoms. The highest BCUT2D eigenvalue weighted by Gasteiger charge is 2.79. The molecule has 0 unspecified atom stereocenters. The zero-order valence-corrected chi connectivity index (χ0v) is 23.2. The second-order valence-corrected chi connectivity index (χ2v) is 12.2. The van der Waals surface area contributed by atoms with E-state index >= 15 is 0 Å². The van der Waals surface area contributed by atoms with E-state index in [-0.39, 0.29) is 58.2 Å². The number of hydrogen-bond acceptors (Lipinski definition) is 8. The zero-order chi connectivity index (χ0) is 27.7. The minimum atomic E-state index is -1.33. The van der Waals surface area contributed by atoms with Crippen LogP contribution in [0.2, 0.25) is 0 Å². The van der Waals surface area contributed by atoms with Gasteiger partial charge in [-0.3, -0.25) is 9.59 Å². The Kier molecular flexibility index (Phi) is 6.28. The first-order chi connectivity index (χ1) is 18.6. The monoisotopic (exact) mass is 534 g/mol. The maximum Gasteiger partial charge on any atom is 0.200 e. The third-order valence-electron chi connectivity index (χ3n) is 9.34. The van der Waals surface area contributed by atoms with E-state index in [1.807, 2.05) is 45.9 Å². The van der Waals surface area contributed by atoms with Crippen LogP contribution in [0.1, 0.15) is 50.0 Å². The number of carbonyl (C=O) groups excluding carboxylic acids is 2. The van der Waals surface area contributed by atoms with Crippen LogP contribution in [0.5, 0.6) is 17.2 Å². The fourth-order valence-electron chi connectivity index (χ4n) is 7.41. The second-order valence-electron chi connectivity index (χ2n) is 12.2. The van der Waals surface area contributed by atoms with Gasteiger partial charge in [0, 0.05) is 68.2 Å². The number of allylic oxidation sites excluding steroid dienone is 4. The molecule has 3 aliphatic carbocycles. The Morgan fingerprint density at radius 2 is 1.85 bits per heavy atom. The quantitative estimate of drug-likeness (QED) is 0.477. The Morgan fingerprint density at radius 3 is 2.54 bits per heavy atom. The summed E-state index contributed by atoms with van der Waals surface area (Å²) in [7, 11) is 0. The number of rotatable bonds is 6. The van der Waals surface area contributed by atoms with Gasteiger partial charge in [0.1, 0.15) is 22.8 Å². The Hall–Kier alpha value is -2.94. The van der Waals surface area contributed by atoms with E-state index in [1.165, 1.54) is 6.07 Å². The highest BCUT2D eigenvalue weighted by molar-refractivity contribution is 6.18. The van der Waals surface area contributed by atoms with Crippen molar-refractivity contribution in [1.82, 2.24) is 10.2 Å². The van der Waals surface area contributed by atoms with Crippen molar-refractivity contribution in [1.29, 1.82) is 0 Å². The van der Waals surface area contributed by atoms with Gasteiger partial charge in [0.25, 0.3) is 0 Å². The normalized spacial score (nSPS) is 32.7. The van der Waals surface area contributed by atoms with E-state index in [0.29, 0.717) is 18.6 Å². The molecular weight excluding hydrogens is 496 g/mol. The predicted octanol–water partition coefficient (Wildman–Crippen LogP) is 3.32. The van der Waals surface area contributed by atoms with Gasteiger partial charge in [0.15, 0.2) is 22.8 Å². The molecule has 5 atom stereocenters. The van der Waals surface area contributed by atoms with Gasteiger partial charge in [0.2, 0.25) is 0 Å². The number of carbonyl (C=O) groups is 2. The van der Waals surface area contributed by atoms with Crippen molar-refractivity contribution in [3.63, 3.8) is 0 Å². The molecule has 2 saturated heterocycles. The van der Waals surface area contributed by atoms with Gasteiger partial charge in [-0.1, -0.05) is 29.4 Å². The fraction of sp³-hybridized carbons (Fsp3) is 0.548. The minimum Gasteiger partial charge on any atom is -0.507 e. The molecule has 1 saturated carbocycles. The molecule has 7 rings (SSSR count). The SMILES string of the molecule is CC(C)=CCc1c(O)cc2c(c1O)C(=O)C1=C[C@H]3C(=O)[C@]4(CC=C(C)C)OC[C@H]([C@H]3CN3CCNCC3)[C@]14O2. The van der Waals surface area contributed by atoms with Gasteiger partial charge in [-0.2, -0.15) is 0 Å². The number of benzene rings is 1. The lowest BCUT2D eigenvalue weighted by Crippen LogP contribution is -2.74. The summed E-state index contributed by atoms with van der Waals surface area (Å²) in [4.78, 5) is 30.9. The van der Waals surface area contributed by atoms with Crippen LogP contribution in [0, 0.1) is 17.8 Å². The molecule has 1 aromatic carbocycles. The van der Waals surface area contributed by atoms with E-state index in [2.05, 4.69) is 10.2 Å². The van der Waals surface area contributed by atoms with Gasteiger partial charge in [0.05, 0.1) is 6.61 Å². The van der Waals surface area contributed by atoms with Crippen LogP contribution in [-0.4, -0.2) is 77.2 Å². The van der Waals surface area contributed by atoms with Crippen LogP contribution in [0.3, 0.4) is 0 Å². The Morgan fingerprint density at radius 1 is 1.13 bits per heavy atom. The molecule has 39 heavy (non-hydrogen) atoms. The molecule has 6 aliphatic rings. The van der Waals surface area contributed by atoms with Crippen LogP contribution in [-0.2, 0) is 16.0 Å². The van der Waals surface area contributed by atoms with Gasteiger partial charge in [-0.25, -0.2) is 0 Å². The summed E-state index contributed by atoms with van der Waals surface area (Å²) in [6, 6.07) is 1.43. The van der Waals surface area contributed by atoms with Crippen molar-refractivity contribution in [2.24, 2.45) is 17.8 Å². The van der Waals surface area contributed by atoms with Crippen molar-refractivity contribution >= 4 is 11.6 Å². The maximum absolute atomic E-state index is 14.3. The van der Waals surface area contributed by atoms with E-state index < -0.39 is 17.1 Å². The average Bonchev–Trinajstić information content (AvgIpc) is 3.17. The predicted molar refractivity (Wildman–Crippen MR) is 146 cm³/mol. The fourth-order valence-corrected chi connectivity index (χ4v) is 7.41. The summed E-state index contributed by atoms with van der Waals surface area (Å²) >= 11 is 0. The van der Waals surface area contributed by atoms with Crippen molar-refractivity contribution in [3.8, 4) is 17.2 Å². The molecule has 8 nitrogen and oxygen atoms in total. The summed E-state index contributed by atoms with van der Waals surface area (Å²) < 4.78 is 13.3. The molecule has 4 bridgehead atoms. The van der Waals surface area contributed by atoms with Crippen LogP contribution < -0.4 is 10.1 Å². The number of aromatic hydroxyl groups is 2. The number of piperazine rings is 1. The molecule has 3 N–H and O–H groups in total. The average molecular weight is 535 g/mol. The van der Waals surface area contributed by atoms with E-state index in [1.54, 1.807) is 0 Å². The molecule has 0 aromatic heterocycles. The van der Waals surface area contributed by atoms with E-state index in [9.17, 15) is 19.8 Å². The molecule has 0 amide bonds. The molecule has 3 aliphatic heterocycles. The van der Waals surface area contributed by atoms with Gasteiger partial charge >= 0.3 is 0 Å². The lowest BCUT2D eigenvalue weighted by Gasteiger charge is -2.58. The van der Waals surface area contributed by atoms with Crippen LogP contribution in [0.15, 0.2) is 41.0 Å². The number of Topliss-reactive ketones (excluding diaryl/α,β-unsaturated/α-hetero) is 2. The largest absolute Gasteiger partial charge is 0.507 e. The number of hydrogen-bond donors (Lipinski definition) is 3. The number of nitrogens with zero attached hydrogens (tertiary/aromatic N) is 1. The maximum atomic E-state index is 14.3. The van der Waals surface area contributed by atoms with Gasteiger partial charge in [-0.05, 0) is 40.0 Å². The third-order valence-corrected chi connectivity index (χ3v) is 9.34. The number of phenols is 2. The molecule has 0 radical (unpaired) electrons. The lowest BCUT2D eigenvalue weighted by molar-refractivity contribution is -0.171. The minimum absolute atomic E-state index is 0.0393. The smallest absolute Gasteiger partial charge is 0.200 e. The Labute approximate surface area is 229 Å². The van der Waals surface area contributed by atoms with Crippen molar-refractivity contribution < 1.29 is 29.3 Å². The summed E-state index contributed by atoms with van der Waals surface area (Å²) in [5.74, 6) is -1.42. The first kappa shape index (κ1) is 26.3. The van der Waals surface area contributed by atoms with Gasteiger partial charge < -0.3 is 29.9 Å². The van der Waals surface area contributed by atoms with Crippen molar-refractivity contribution in [2.45, 2.75) is 51.7 Å². The lowest BCUT2D eigenvalue weighted by atomic mass is 9.49. The standard InChI is InChI=1S/C31H38N2O6/c1-17(2)5-6-19-24(34)14-25-26(27(19)35)28(36)22-13-20-21(15-33-11-9-32-10-12-33)23-16-38-30(29(20)37,8-7-18(3)4)31(22,23)39-25/h5,7,13-14,20-21,23,32,34-35H,6,8-12,15-16H2,1-4H3/t20-,21+,23-,30+,31-/m1/s1. The first-order valence-electron chi connectivity index (χ1n) is 14.0. The van der Waals surface area contributed by atoms with Crippen LogP contribution in [0.25, 0.3) is 0 Å². The van der Waals surface area contributed by atoms with Gasteiger partial charge in [-0.15, -0.1) is 0 Å². The summed E-state index contributed by atoms with van der Waals surface area (Å²) in [6.07, 6.45) is 6.28. The highest BCUT2D eigenvalue weighted by atomic mass is 16.6. The number of ketones is 2. The Balaban J connectivity index is 1.50. The number of nitrogens with one attached hydrogen (secondary N) is 1. The van der Waals surface area contributed by atoms with Crippen LogP contribution >= 0.6 is 0 Å². The third kappa shape index (κ3) is 3.68. The molecular formula is C31H38N2O6. The van der Waals surface area contributed by atoms with E-state index in [0.717, 1.165) is 43.9 Å². The second kappa shape index (κ2) is 9.32. The first-order valence-corrected chi connectivity index (χ1v) is 14.0. The summed E-state index contributed by atoms with van der Waals surface area (Å²) in [5.41, 5.74) is 0.190. The molecule has 3 fully saturated rings. The molecule has 3 heterocycles. The molecule has 1 aromatic rings. The van der Waals surface area contributed by atoms with Crippen molar-refractivity contribution in [3.05, 3.63) is 52.1 Å². The highest BCUT2D eigenvalue weighted by Crippen LogP contribution is 2.65. The summed E-state index contributed by atoms with van der Waals surface area (Å²) in [5, 5.41) is 25.5. The Bertz CT molecular complexity index is 1330. The van der Waals surface area contributed by atoms with Crippen LogP contribution in [0.4, 0.5) is 0 Å². The van der Waals surface area contributed by atoms with Crippen molar-refractivity contribution in [2.75, 3.05) is 39.3 Å². The topological polar surface area (TPSA) is 108 Å².